The molecule has 1 aromatic rings. The molecule has 0 bridgehead atoms. The van der Waals surface area contributed by atoms with Crippen LogP contribution in [0, 0.1) is 5.82 Å². The number of aliphatic hydroxyl groups excluding tert-OH is 1. The topological polar surface area (TPSA) is 46.2 Å². The molecule has 0 aliphatic heterocycles. The maximum Gasteiger partial charge on any atom is 0.136 e. The molecule has 0 aromatic heterocycles. The van der Waals surface area contributed by atoms with E-state index < -0.39 is 0 Å². The van der Waals surface area contributed by atoms with Gasteiger partial charge in [-0.1, -0.05) is 12.1 Å². The van der Waals surface area contributed by atoms with Crippen LogP contribution < -0.4 is 5.73 Å². The third-order valence-corrected chi connectivity index (χ3v) is 3.03. The molecule has 78 valence electrons. The highest BCUT2D eigenvalue weighted by Crippen LogP contribution is 2.21. The molecule has 4 heteroatoms. The Morgan fingerprint density at radius 3 is 2.79 bits per heavy atom. The van der Waals surface area contributed by atoms with Crippen LogP contribution in [-0.2, 0) is 0 Å². The van der Waals surface area contributed by atoms with Crippen LogP contribution in [0.25, 0.3) is 0 Å². The third-order valence-electron chi connectivity index (χ3n) is 1.79. The van der Waals surface area contributed by atoms with E-state index in [1.165, 1.54) is 17.8 Å². The van der Waals surface area contributed by atoms with E-state index in [0.29, 0.717) is 17.1 Å². The van der Waals surface area contributed by atoms with Crippen molar-refractivity contribution in [3.63, 3.8) is 0 Å². The van der Waals surface area contributed by atoms with Crippen molar-refractivity contribution in [2.45, 2.75) is 17.4 Å². The Morgan fingerprint density at radius 2 is 2.14 bits per heavy atom. The monoisotopic (exact) mass is 215 g/mol. The maximum atomic E-state index is 13.1. The molecule has 0 aliphatic carbocycles. The van der Waals surface area contributed by atoms with Crippen LogP contribution in [0.4, 0.5) is 4.39 Å². The van der Waals surface area contributed by atoms with Crippen LogP contribution in [0.15, 0.2) is 29.2 Å². The summed E-state index contributed by atoms with van der Waals surface area (Å²) in [7, 11) is 0. The van der Waals surface area contributed by atoms with Crippen LogP contribution in [0.2, 0.25) is 0 Å². The first-order valence-electron chi connectivity index (χ1n) is 4.48. The van der Waals surface area contributed by atoms with Crippen molar-refractivity contribution in [1.29, 1.82) is 0 Å². The van der Waals surface area contributed by atoms with Crippen molar-refractivity contribution >= 4 is 11.8 Å². The highest BCUT2D eigenvalue weighted by Gasteiger charge is 2.05. The summed E-state index contributed by atoms with van der Waals surface area (Å²) in [5, 5.41) is 8.63. The summed E-state index contributed by atoms with van der Waals surface area (Å²) < 4.78 is 13.1. The number of aliphatic hydroxyl groups is 1. The lowest BCUT2D eigenvalue weighted by atomic mass is 10.3. The Bertz CT molecular complexity index is 283. The number of thioether (sulfide) groups is 1. The van der Waals surface area contributed by atoms with E-state index in [2.05, 4.69) is 0 Å². The van der Waals surface area contributed by atoms with E-state index in [1.54, 1.807) is 18.2 Å². The van der Waals surface area contributed by atoms with Crippen molar-refractivity contribution in [2.75, 3.05) is 12.4 Å². The summed E-state index contributed by atoms with van der Waals surface area (Å²) in [5.41, 5.74) is 5.68. The predicted molar refractivity (Wildman–Crippen MR) is 56.8 cm³/mol. The molecule has 14 heavy (non-hydrogen) atoms. The highest BCUT2D eigenvalue weighted by atomic mass is 32.2. The Hall–Kier alpha value is -0.580. The second-order valence-electron chi connectivity index (χ2n) is 3.01. The van der Waals surface area contributed by atoms with Crippen LogP contribution in [0.3, 0.4) is 0 Å². The molecule has 0 spiro atoms. The molecule has 1 unspecified atom stereocenters. The minimum absolute atomic E-state index is 0.0791. The fraction of sp³-hybridized carbons (Fsp3) is 0.400. The number of halogens is 1. The van der Waals surface area contributed by atoms with Gasteiger partial charge in [0.05, 0.1) is 0 Å². The van der Waals surface area contributed by atoms with Gasteiger partial charge in [-0.25, -0.2) is 4.39 Å². The van der Waals surface area contributed by atoms with Gasteiger partial charge in [0.15, 0.2) is 0 Å². The lowest BCUT2D eigenvalue weighted by Crippen LogP contribution is -2.23. The summed E-state index contributed by atoms with van der Waals surface area (Å²) in [6, 6.07) is 6.53. The molecule has 0 saturated heterocycles. The highest BCUT2D eigenvalue weighted by molar-refractivity contribution is 7.99. The molecule has 2 nitrogen and oxygen atoms in total. The smallest absolute Gasteiger partial charge is 0.136 e. The molecule has 0 fully saturated rings. The predicted octanol–water partition coefficient (Wildman–Crippen LogP) is 1.63. The van der Waals surface area contributed by atoms with Crippen LogP contribution in [-0.4, -0.2) is 23.5 Å². The number of benzene rings is 1. The number of hydrogen-bond acceptors (Lipinski definition) is 3. The second kappa shape index (κ2) is 6.01. The Kier molecular flexibility index (Phi) is 4.93. The summed E-state index contributed by atoms with van der Waals surface area (Å²) in [5.74, 6) is 0.412. The Morgan fingerprint density at radius 1 is 1.43 bits per heavy atom. The van der Waals surface area contributed by atoms with Gasteiger partial charge in [0, 0.05) is 23.3 Å². The van der Waals surface area contributed by atoms with Gasteiger partial charge in [0.2, 0.25) is 0 Å². The second-order valence-corrected chi connectivity index (χ2v) is 4.08. The number of rotatable bonds is 5. The molecule has 0 radical (unpaired) electrons. The normalized spacial score (nSPS) is 12.8. The van der Waals surface area contributed by atoms with Crippen molar-refractivity contribution in [2.24, 2.45) is 5.73 Å². The van der Waals surface area contributed by atoms with Gasteiger partial charge in [-0.2, -0.15) is 0 Å². The maximum absolute atomic E-state index is 13.1. The van der Waals surface area contributed by atoms with Crippen molar-refractivity contribution in [3.8, 4) is 0 Å². The molecular weight excluding hydrogens is 201 g/mol. The minimum Gasteiger partial charge on any atom is -0.396 e. The standard InChI is InChI=1S/C10H14FNOS/c11-9-3-1-2-4-10(9)14-7-8(12)5-6-13/h1-4,8,13H,5-7,12H2. The zero-order valence-electron chi connectivity index (χ0n) is 7.82. The first kappa shape index (κ1) is 11.5. The first-order chi connectivity index (χ1) is 6.74. The van der Waals surface area contributed by atoms with Gasteiger partial charge in [-0.05, 0) is 18.6 Å². The van der Waals surface area contributed by atoms with Gasteiger partial charge >= 0.3 is 0 Å². The van der Waals surface area contributed by atoms with Gasteiger partial charge in [0.1, 0.15) is 5.82 Å². The largest absolute Gasteiger partial charge is 0.396 e. The molecule has 3 N–H and O–H groups in total. The summed E-state index contributed by atoms with van der Waals surface area (Å²) >= 11 is 1.38. The molecule has 0 aliphatic rings. The van der Waals surface area contributed by atoms with E-state index in [1.807, 2.05) is 0 Å². The quantitative estimate of drug-likeness (QED) is 0.734. The summed E-state index contributed by atoms with van der Waals surface area (Å²) in [6.45, 7) is 0.0823. The first-order valence-corrected chi connectivity index (χ1v) is 5.46. The average molecular weight is 215 g/mol. The molecule has 1 atom stereocenters. The lowest BCUT2D eigenvalue weighted by Gasteiger charge is -2.09. The third kappa shape index (κ3) is 3.65. The molecule has 0 heterocycles. The lowest BCUT2D eigenvalue weighted by molar-refractivity contribution is 0.279. The molecule has 1 rings (SSSR count). The Labute approximate surface area is 87.3 Å². The number of nitrogens with two attached hydrogens (primary N) is 1. The van der Waals surface area contributed by atoms with Crippen LogP contribution >= 0.6 is 11.8 Å². The molecule has 0 saturated carbocycles. The zero-order chi connectivity index (χ0) is 10.4. The van der Waals surface area contributed by atoms with E-state index >= 15 is 0 Å². The fourth-order valence-electron chi connectivity index (χ4n) is 1.01. The van der Waals surface area contributed by atoms with Crippen molar-refractivity contribution in [3.05, 3.63) is 30.1 Å². The molecule has 0 amide bonds. The van der Waals surface area contributed by atoms with E-state index in [-0.39, 0.29) is 18.5 Å². The van der Waals surface area contributed by atoms with E-state index in [0.717, 1.165) is 0 Å². The van der Waals surface area contributed by atoms with Crippen LogP contribution in [0.5, 0.6) is 0 Å². The van der Waals surface area contributed by atoms with Gasteiger partial charge in [0.25, 0.3) is 0 Å². The molecule has 1 aromatic carbocycles. The summed E-state index contributed by atoms with van der Waals surface area (Å²) in [6.07, 6.45) is 0.557. The summed E-state index contributed by atoms with van der Waals surface area (Å²) in [4.78, 5) is 0.612. The van der Waals surface area contributed by atoms with E-state index in [9.17, 15) is 4.39 Å². The van der Waals surface area contributed by atoms with Gasteiger partial charge in [-0.3, -0.25) is 0 Å². The molecular formula is C10H14FNOS. The van der Waals surface area contributed by atoms with Crippen molar-refractivity contribution in [1.82, 2.24) is 0 Å². The van der Waals surface area contributed by atoms with Gasteiger partial charge in [-0.15, -0.1) is 11.8 Å². The zero-order valence-corrected chi connectivity index (χ0v) is 8.64. The van der Waals surface area contributed by atoms with Gasteiger partial charge < -0.3 is 10.8 Å². The Balaban J connectivity index is 2.41. The van der Waals surface area contributed by atoms with E-state index in [4.69, 9.17) is 10.8 Å². The SMILES string of the molecule is NC(CCO)CSc1ccccc1F. The van der Waals surface area contributed by atoms with Crippen LogP contribution in [0.1, 0.15) is 6.42 Å². The number of hydrogen-bond donors (Lipinski definition) is 2. The fourth-order valence-corrected chi connectivity index (χ4v) is 1.95. The average Bonchev–Trinajstić information content (AvgIpc) is 2.17. The van der Waals surface area contributed by atoms with Crippen molar-refractivity contribution < 1.29 is 9.50 Å². The minimum atomic E-state index is -0.214.